The Hall–Kier alpha value is -3.39. The van der Waals surface area contributed by atoms with Crippen molar-refractivity contribution in [1.29, 1.82) is 0 Å². The van der Waals surface area contributed by atoms with Gasteiger partial charge in [0, 0.05) is 11.3 Å². The average Bonchev–Trinajstić information content (AvgIpc) is 3.01. The largest absolute Gasteiger partial charge is 0.480 e. The number of carbonyl (C=O) groups excluding carboxylic acids is 1. The van der Waals surface area contributed by atoms with E-state index in [2.05, 4.69) is 16.9 Å². The van der Waals surface area contributed by atoms with Crippen LogP contribution in [0.3, 0.4) is 0 Å². The van der Waals surface area contributed by atoms with Crippen LogP contribution in [0, 0.1) is 12.7 Å². The summed E-state index contributed by atoms with van der Waals surface area (Å²) in [5.74, 6) is -0.0838. The van der Waals surface area contributed by atoms with Gasteiger partial charge in [0.15, 0.2) is 6.10 Å². The minimum Gasteiger partial charge on any atom is -0.480 e. The van der Waals surface area contributed by atoms with E-state index in [1.807, 2.05) is 24.0 Å². The van der Waals surface area contributed by atoms with Crippen molar-refractivity contribution in [2.24, 2.45) is 0 Å². The molecule has 36 heavy (non-hydrogen) atoms. The third kappa shape index (κ3) is 4.57. The van der Waals surface area contributed by atoms with Gasteiger partial charge in [-0.05, 0) is 79.6 Å². The molecular formula is C28H29FN2O4S. The first kappa shape index (κ1) is 24.3. The molecule has 2 unspecified atom stereocenters. The SMILES string of the molecule is CCC1Oc2ccc(NS(=O)(=O)c3ccc(C)c(F)c3)cc2CN(C2CCCc3ccccc32)C1=O. The fourth-order valence-electron chi connectivity index (χ4n) is 5.06. The summed E-state index contributed by atoms with van der Waals surface area (Å²) in [6.45, 7) is 3.80. The summed E-state index contributed by atoms with van der Waals surface area (Å²) >= 11 is 0. The maximum absolute atomic E-state index is 14.0. The van der Waals surface area contributed by atoms with Crippen molar-refractivity contribution >= 4 is 21.6 Å². The number of carbonyl (C=O) groups is 1. The molecule has 0 radical (unpaired) electrons. The van der Waals surface area contributed by atoms with E-state index < -0.39 is 21.9 Å². The molecule has 2 atom stereocenters. The average molecular weight is 509 g/mol. The van der Waals surface area contributed by atoms with Gasteiger partial charge in [-0.15, -0.1) is 0 Å². The van der Waals surface area contributed by atoms with Crippen molar-refractivity contribution in [3.05, 3.63) is 88.7 Å². The van der Waals surface area contributed by atoms with Crippen LogP contribution in [-0.4, -0.2) is 25.3 Å². The number of hydrogen-bond acceptors (Lipinski definition) is 4. The number of anilines is 1. The van der Waals surface area contributed by atoms with Gasteiger partial charge in [-0.1, -0.05) is 37.3 Å². The van der Waals surface area contributed by atoms with Gasteiger partial charge < -0.3 is 9.64 Å². The highest BCUT2D eigenvalue weighted by atomic mass is 32.2. The topological polar surface area (TPSA) is 75.7 Å². The van der Waals surface area contributed by atoms with Crippen LogP contribution in [0.15, 0.2) is 65.6 Å². The van der Waals surface area contributed by atoms with Gasteiger partial charge in [-0.25, -0.2) is 12.8 Å². The number of sulfonamides is 1. The van der Waals surface area contributed by atoms with Gasteiger partial charge in [0.2, 0.25) is 0 Å². The first-order valence-corrected chi connectivity index (χ1v) is 13.7. The summed E-state index contributed by atoms with van der Waals surface area (Å²) in [4.78, 5) is 15.3. The lowest BCUT2D eigenvalue weighted by Crippen LogP contribution is -2.42. The molecule has 0 saturated carbocycles. The quantitative estimate of drug-likeness (QED) is 0.493. The van der Waals surface area contributed by atoms with Crippen molar-refractivity contribution < 1.29 is 22.3 Å². The zero-order valence-electron chi connectivity index (χ0n) is 20.3. The van der Waals surface area contributed by atoms with Crippen molar-refractivity contribution in [2.45, 2.75) is 63.1 Å². The molecule has 0 spiro atoms. The van der Waals surface area contributed by atoms with Gasteiger partial charge >= 0.3 is 0 Å². The number of rotatable bonds is 5. The lowest BCUT2D eigenvalue weighted by atomic mass is 9.86. The number of amides is 1. The first-order chi connectivity index (χ1) is 17.3. The van der Waals surface area contributed by atoms with Crippen molar-refractivity contribution in [3.63, 3.8) is 0 Å². The zero-order chi connectivity index (χ0) is 25.4. The Bertz CT molecular complexity index is 1420. The molecule has 0 saturated heterocycles. The van der Waals surface area contributed by atoms with E-state index in [-0.39, 0.29) is 16.8 Å². The second-order valence-corrected chi connectivity index (χ2v) is 11.1. The van der Waals surface area contributed by atoms with Gasteiger partial charge in [0.1, 0.15) is 11.6 Å². The van der Waals surface area contributed by atoms with Crippen LogP contribution in [0.25, 0.3) is 0 Å². The maximum Gasteiger partial charge on any atom is 0.264 e. The van der Waals surface area contributed by atoms with Crippen LogP contribution >= 0.6 is 0 Å². The van der Waals surface area contributed by atoms with E-state index >= 15 is 0 Å². The zero-order valence-corrected chi connectivity index (χ0v) is 21.1. The van der Waals surface area contributed by atoms with Gasteiger partial charge in [-0.3, -0.25) is 9.52 Å². The molecule has 1 amide bonds. The van der Waals surface area contributed by atoms with Crippen molar-refractivity contribution in [2.75, 3.05) is 4.72 Å². The van der Waals surface area contributed by atoms with E-state index in [9.17, 15) is 17.6 Å². The molecule has 1 heterocycles. The Kier molecular flexibility index (Phi) is 6.47. The molecule has 8 heteroatoms. The maximum atomic E-state index is 14.0. The molecule has 3 aromatic carbocycles. The van der Waals surface area contributed by atoms with Crippen molar-refractivity contribution in [1.82, 2.24) is 4.90 Å². The third-order valence-corrected chi connectivity index (χ3v) is 8.40. The van der Waals surface area contributed by atoms with E-state index in [1.54, 1.807) is 25.1 Å². The van der Waals surface area contributed by atoms with Crippen LogP contribution in [0.4, 0.5) is 10.1 Å². The van der Waals surface area contributed by atoms with E-state index in [0.717, 1.165) is 36.5 Å². The number of benzene rings is 3. The normalized spacial score (nSPS) is 19.6. The summed E-state index contributed by atoms with van der Waals surface area (Å²) in [5.41, 5.74) is 3.83. The number of halogens is 1. The Morgan fingerprint density at radius 3 is 2.67 bits per heavy atom. The lowest BCUT2D eigenvalue weighted by molar-refractivity contribution is -0.141. The predicted molar refractivity (Wildman–Crippen MR) is 136 cm³/mol. The predicted octanol–water partition coefficient (Wildman–Crippen LogP) is 5.51. The van der Waals surface area contributed by atoms with Crippen molar-refractivity contribution in [3.8, 4) is 5.75 Å². The van der Waals surface area contributed by atoms with Gasteiger partial charge in [0.05, 0.1) is 17.5 Å². The smallest absolute Gasteiger partial charge is 0.264 e. The Balaban J connectivity index is 1.48. The number of fused-ring (bicyclic) bond motifs is 2. The van der Waals surface area contributed by atoms with Crippen LogP contribution in [-0.2, 0) is 27.8 Å². The second kappa shape index (κ2) is 9.58. The standard InChI is InChI=1S/C28H29FN2O4S/c1-3-26-28(32)31(25-10-6-8-19-7-4-5-9-23(19)25)17-20-15-21(12-14-27(20)35-26)30-36(33,34)22-13-11-18(2)24(29)16-22/h4-5,7,9,11-16,25-26,30H,3,6,8,10,17H2,1-2H3. The van der Waals surface area contributed by atoms with E-state index in [1.165, 1.54) is 17.7 Å². The molecule has 188 valence electrons. The molecule has 0 aromatic heterocycles. The number of nitrogens with one attached hydrogen (secondary N) is 1. The summed E-state index contributed by atoms with van der Waals surface area (Å²) in [6, 6.07) is 17.0. The fourth-order valence-corrected chi connectivity index (χ4v) is 6.12. The molecule has 3 aromatic rings. The fraction of sp³-hybridized carbons (Fsp3) is 0.321. The molecule has 0 bridgehead atoms. The van der Waals surface area contributed by atoms with Crippen LogP contribution in [0.5, 0.6) is 5.75 Å². The third-order valence-electron chi connectivity index (χ3n) is 7.02. The highest BCUT2D eigenvalue weighted by Crippen LogP contribution is 2.39. The highest BCUT2D eigenvalue weighted by Gasteiger charge is 2.36. The molecular weight excluding hydrogens is 479 g/mol. The van der Waals surface area contributed by atoms with E-state index in [4.69, 9.17) is 4.74 Å². The second-order valence-electron chi connectivity index (χ2n) is 9.43. The summed E-state index contributed by atoms with van der Waals surface area (Å²) in [6.07, 6.45) is 2.75. The summed E-state index contributed by atoms with van der Waals surface area (Å²) < 4.78 is 48.5. The number of hydrogen-bond donors (Lipinski definition) is 1. The van der Waals surface area contributed by atoms with Gasteiger partial charge in [0.25, 0.3) is 15.9 Å². The lowest BCUT2D eigenvalue weighted by Gasteiger charge is -2.36. The molecule has 5 rings (SSSR count). The molecule has 1 aliphatic heterocycles. The minimum atomic E-state index is -4.00. The van der Waals surface area contributed by atoms with Gasteiger partial charge in [-0.2, -0.15) is 0 Å². The Morgan fingerprint density at radius 2 is 1.89 bits per heavy atom. The number of ether oxygens (including phenoxy) is 1. The minimum absolute atomic E-state index is 0.0623. The van der Waals surface area contributed by atoms with E-state index in [0.29, 0.717) is 30.0 Å². The molecule has 2 aliphatic rings. The highest BCUT2D eigenvalue weighted by molar-refractivity contribution is 7.92. The Morgan fingerprint density at radius 1 is 1.08 bits per heavy atom. The van der Waals surface area contributed by atoms with Crippen LogP contribution < -0.4 is 9.46 Å². The molecule has 0 fully saturated rings. The molecule has 1 aliphatic carbocycles. The monoisotopic (exact) mass is 508 g/mol. The summed E-state index contributed by atoms with van der Waals surface area (Å²) in [5, 5.41) is 0. The van der Waals surface area contributed by atoms with Crippen LogP contribution in [0.2, 0.25) is 0 Å². The number of nitrogens with zero attached hydrogens (tertiary/aromatic N) is 1. The first-order valence-electron chi connectivity index (χ1n) is 12.2. The van der Waals surface area contributed by atoms with Crippen LogP contribution in [0.1, 0.15) is 54.5 Å². The molecule has 6 nitrogen and oxygen atoms in total. The number of aryl methyl sites for hydroxylation is 2. The molecule has 1 N–H and O–H groups in total. The Labute approximate surface area is 211 Å². The summed E-state index contributed by atoms with van der Waals surface area (Å²) in [7, 11) is -4.00.